The van der Waals surface area contributed by atoms with Gasteiger partial charge in [0.2, 0.25) is 5.91 Å². The lowest BCUT2D eigenvalue weighted by atomic mass is 10.0. The Morgan fingerprint density at radius 1 is 1.53 bits per heavy atom. The Hall–Kier alpha value is -0.610. The molecule has 0 aliphatic carbocycles. The zero-order chi connectivity index (χ0) is 11.7. The minimum atomic E-state index is -0.877. The van der Waals surface area contributed by atoms with Crippen molar-refractivity contribution in [1.29, 1.82) is 0 Å². The number of aliphatic hydroxyl groups is 1. The van der Waals surface area contributed by atoms with E-state index in [2.05, 4.69) is 5.32 Å². The highest BCUT2D eigenvalue weighted by Crippen LogP contribution is 2.07. The summed E-state index contributed by atoms with van der Waals surface area (Å²) in [5.41, 5.74) is -0.877. The van der Waals surface area contributed by atoms with Crippen molar-refractivity contribution in [3.63, 3.8) is 0 Å². The SMILES string of the molecule is CCCCC(=O)NCC(C)(O)CCOC. The van der Waals surface area contributed by atoms with Gasteiger partial charge in [0.1, 0.15) is 0 Å². The number of carbonyl (C=O) groups excluding carboxylic acids is 1. The van der Waals surface area contributed by atoms with E-state index >= 15 is 0 Å². The van der Waals surface area contributed by atoms with Crippen LogP contribution in [0.25, 0.3) is 0 Å². The molecule has 15 heavy (non-hydrogen) atoms. The van der Waals surface area contributed by atoms with Crippen LogP contribution in [0.3, 0.4) is 0 Å². The van der Waals surface area contributed by atoms with Gasteiger partial charge in [-0.15, -0.1) is 0 Å². The molecule has 2 N–H and O–H groups in total. The van der Waals surface area contributed by atoms with E-state index in [-0.39, 0.29) is 5.91 Å². The Labute approximate surface area is 92.0 Å². The van der Waals surface area contributed by atoms with Crippen LogP contribution in [0.2, 0.25) is 0 Å². The normalized spacial score (nSPS) is 14.7. The lowest BCUT2D eigenvalue weighted by Crippen LogP contribution is -2.41. The van der Waals surface area contributed by atoms with E-state index in [1.807, 2.05) is 6.92 Å². The molecule has 1 amide bonds. The molecule has 1 unspecified atom stereocenters. The molecule has 0 heterocycles. The predicted octanol–water partition coefficient (Wildman–Crippen LogP) is 1.08. The summed E-state index contributed by atoms with van der Waals surface area (Å²) in [5, 5.41) is 12.5. The Balaban J connectivity index is 3.67. The zero-order valence-corrected chi connectivity index (χ0v) is 10.0. The van der Waals surface area contributed by atoms with Gasteiger partial charge in [-0.3, -0.25) is 4.79 Å². The van der Waals surface area contributed by atoms with Gasteiger partial charge < -0.3 is 15.2 Å². The number of unbranched alkanes of at least 4 members (excludes halogenated alkanes) is 1. The molecule has 4 nitrogen and oxygen atoms in total. The second-order valence-corrected chi connectivity index (χ2v) is 4.12. The fourth-order valence-corrected chi connectivity index (χ4v) is 1.13. The summed E-state index contributed by atoms with van der Waals surface area (Å²) in [4.78, 5) is 11.3. The Morgan fingerprint density at radius 3 is 2.73 bits per heavy atom. The summed E-state index contributed by atoms with van der Waals surface area (Å²) in [6.07, 6.45) is 2.97. The average Bonchev–Trinajstić information content (AvgIpc) is 2.21. The maximum Gasteiger partial charge on any atom is 0.220 e. The summed E-state index contributed by atoms with van der Waals surface area (Å²) in [5.74, 6) is 0.00884. The van der Waals surface area contributed by atoms with Crippen molar-refractivity contribution in [1.82, 2.24) is 5.32 Å². The third kappa shape index (κ3) is 8.39. The quantitative estimate of drug-likeness (QED) is 0.639. The Morgan fingerprint density at radius 2 is 2.20 bits per heavy atom. The van der Waals surface area contributed by atoms with Crippen LogP contribution in [0.1, 0.15) is 39.5 Å². The summed E-state index contributed by atoms with van der Waals surface area (Å²) >= 11 is 0. The molecule has 0 aromatic carbocycles. The topological polar surface area (TPSA) is 58.6 Å². The highest BCUT2D eigenvalue weighted by Gasteiger charge is 2.20. The Bertz CT molecular complexity index is 181. The molecular weight excluding hydrogens is 194 g/mol. The van der Waals surface area contributed by atoms with E-state index < -0.39 is 5.60 Å². The van der Waals surface area contributed by atoms with E-state index in [1.54, 1.807) is 14.0 Å². The predicted molar refractivity (Wildman–Crippen MR) is 59.7 cm³/mol. The van der Waals surface area contributed by atoms with Crippen LogP contribution in [-0.2, 0) is 9.53 Å². The first-order valence-electron chi connectivity index (χ1n) is 5.50. The number of ether oxygens (including phenoxy) is 1. The molecule has 0 aliphatic heterocycles. The minimum absolute atomic E-state index is 0.00884. The van der Waals surface area contributed by atoms with Gasteiger partial charge in [-0.25, -0.2) is 0 Å². The van der Waals surface area contributed by atoms with Gasteiger partial charge in [0, 0.05) is 33.1 Å². The molecule has 0 rings (SSSR count). The van der Waals surface area contributed by atoms with Crippen molar-refractivity contribution >= 4 is 5.91 Å². The van der Waals surface area contributed by atoms with E-state index in [9.17, 15) is 9.90 Å². The second-order valence-electron chi connectivity index (χ2n) is 4.12. The molecule has 0 aromatic heterocycles. The van der Waals surface area contributed by atoms with E-state index in [0.29, 0.717) is 26.0 Å². The third-order valence-corrected chi connectivity index (χ3v) is 2.27. The number of carbonyl (C=O) groups is 1. The van der Waals surface area contributed by atoms with Crippen molar-refractivity contribution in [3.8, 4) is 0 Å². The first kappa shape index (κ1) is 14.4. The smallest absolute Gasteiger partial charge is 0.220 e. The van der Waals surface area contributed by atoms with Gasteiger partial charge in [-0.05, 0) is 13.3 Å². The summed E-state index contributed by atoms with van der Waals surface area (Å²) < 4.78 is 4.88. The lowest BCUT2D eigenvalue weighted by Gasteiger charge is -2.23. The summed E-state index contributed by atoms with van der Waals surface area (Å²) in [6.45, 7) is 4.53. The molecular formula is C11H23NO3. The highest BCUT2D eigenvalue weighted by molar-refractivity contribution is 5.75. The monoisotopic (exact) mass is 217 g/mol. The van der Waals surface area contributed by atoms with E-state index in [4.69, 9.17) is 4.74 Å². The van der Waals surface area contributed by atoms with Crippen LogP contribution in [-0.4, -0.2) is 36.9 Å². The average molecular weight is 217 g/mol. The van der Waals surface area contributed by atoms with Gasteiger partial charge in [-0.1, -0.05) is 13.3 Å². The van der Waals surface area contributed by atoms with Gasteiger partial charge in [0.25, 0.3) is 0 Å². The second kappa shape index (κ2) is 7.65. The first-order chi connectivity index (χ1) is 7.02. The molecule has 0 spiro atoms. The molecule has 90 valence electrons. The number of amides is 1. The molecule has 1 atom stereocenters. The van der Waals surface area contributed by atoms with Crippen LogP contribution in [0.4, 0.5) is 0 Å². The molecule has 4 heteroatoms. The highest BCUT2D eigenvalue weighted by atomic mass is 16.5. The Kier molecular flexibility index (Phi) is 7.34. The fraction of sp³-hybridized carbons (Fsp3) is 0.909. The summed E-state index contributed by atoms with van der Waals surface area (Å²) in [6, 6.07) is 0. The largest absolute Gasteiger partial charge is 0.388 e. The van der Waals surface area contributed by atoms with Gasteiger partial charge >= 0.3 is 0 Å². The molecule has 0 saturated heterocycles. The maximum atomic E-state index is 11.3. The first-order valence-corrected chi connectivity index (χ1v) is 5.50. The van der Waals surface area contributed by atoms with Crippen LogP contribution in [0.15, 0.2) is 0 Å². The van der Waals surface area contributed by atoms with Crippen molar-refractivity contribution in [3.05, 3.63) is 0 Å². The van der Waals surface area contributed by atoms with Gasteiger partial charge in [0.05, 0.1) is 5.60 Å². The molecule has 0 aliphatic rings. The maximum absolute atomic E-state index is 11.3. The number of methoxy groups -OCH3 is 1. The molecule has 0 saturated carbocycles. The molecule has 0 radical (unpaired) electrons. The summed E-state index contributed by atoms with van der Waals surface area (Å²) in [7, 11) is 1.59. The molecule has 0 bridgehead atoms. The number of nitrogens with one attached hydrogen (secondary N) is 1. The standard InChI is InChI=1S/C11H23NO3/c1-4-5-6-10(13)12-9-11(2,14)7-8-15-3/h14H,4-9H2,1-3H3,(H,12,13). The minimum Gasteiger partial charge on any atom is -0.388 e. The van der Waals surface area contributed by atoms with Crippen molar-refractivity contribution < 1.29 is 14.6 Å². The zero-order valence-electron chi connectivity index (χ0n) is 10.0. The van der Waals surface area contributed by atoms with Crippen LogP contribution in [0, 0.1) is 0 Å². The van der Waals surface area contributed by atoms with E-state index in [0.717, 1.165) is 12.8 Å². The number of rotatable bonds is 8. The molecule has 0 fully saturated rings. The van der Waals surface area contributed by atoms with Crippen molar-refractivity contribution in [2.24, 2.45) is 0 Å². The van der Waals surface area contributed by atoms with Crippen molar-refractivity contribution in [2.45, 2.75) is 45.1 Å². The van der Waals surface area contributed by atoms with Gasteiger partial charge in [-0.2, -0.15) is 0 Å². The van der Waals surface area contributed by atoms with E-state index in [1.165, 1.54) is 0 Å². The van der Waals surface area contributed by atoms with Crippen LogP contribution in [0.5, 0.6) is 0 Å². The lowest BCUT2D eigenvalue weighted by molar-refractivity contribution is -0.122. The van der Waals surface area contributed by atoms with Crippen molar-refractivity contribution in [2.75, 3.05) is 20.3 Å². The third-order valence-electron chi connectivity index (χ3n) is 2.27. The van der Waals surface area contributed by atoms with Crippen LogP contribution >= 0.6 is 0 Å². The van der Waals surface area contributed by atoms with Crippen LogP contribution < -0.4 is 5.32 Å². The van der Waals surface area contributed by atoms with Gasteiger partial charge in [0.15, 0.2) is 0 Å². The number of hydrogen-bond donors (Lipinski definition) is 2. The fourth-order valence-electron chi connectivity index (χ4n) is 1.13. The number of hydrogen-bond acceptors (Lipinski definition) is 3. The molecule has 0 aromatic rings.